The van der Waals surface area contributed by atoms with E-state index in [4.69, 9.17) is 0 Å². The Morgan fingerprint density at radius 3 is 2.40 bits per heavy atom. The van der Waals surface area contributed by atoms with Gasteiger partial charge in [0.25, 0.3) is 0 Å². The molecule has 84 valence electrons. The second kappa shape index (κ2) is 3.51. The summed E-state index contributed by atoms with van der Waals surface area (Å²) in [6, 6.07) is 0. The Morgan fingerprint density at radius 2 is 1.93 bits per heavy atom. The number of rotatable bonds is 1. The largest absolute Gasteiger partial charge is 0.481 e. The molecule has 2 aliphatic rings. The molecular formula is C11H17NO3. The molecule has 1 atom stereocenters. The number of hydrogen-bond acceptors (Lipinski definition) is 2. The van der Waals surface area contributed by atoms with E-state index in [-0.39, 0.29) is 17.2 Å². The van der Waals surface area contributed by atoms with Crippen LogP contribution < -0.4 is 0 Å². The molecule has 0 aromatic carbocycles. The molecule has 1 aliphatic heterocycles. The topological polar surface area (TPSA) is 57.6 Å². The first-order valence-electron chi connectivity index (χ1n) is 5.53. The molecule has 1 N–H and O–H groups in total. The summed E-state index contributed by atoms with van der Waals surface area (Å²) in [7, 11) is 0. The normalized spacial score (nSPS) is 28.6. The van der Waals surface area contributed by atoms with Gasteiger partial charge in [0.05, 0.1) is 5.92 Å². The van der Waals surface area contributed by atoms with Crippen LogP contribution in [0.2, 0.25) is 0 Å². The van der Waals surface area contributed by atoms with Crippen molar-refractivity contribution in [2.75, 3.05) is 13.1 Å². The van der Waals surface area contributed by atoms with Gasteiger partial charge in [-0.2, -0.15) is 0 Å². The van der Waals surface area contributed by atoms with Crippen molar-refractivity contribution in [3.8, 4) is 0 Å². The molecule has 1 heterocycles. The first-order valence-corrected chi connectivity index (χ1v) is 5.53. The van der Waals surface area contributed by atoms with Gasteiger partial charge in [-0.25, -0.2) is 0 Å². The molecule has 1 saturated heterocycles. The van der Waals surface area contributed by atoms with Crippen molar-refractivity contribution in [1.29, 1.82) is 0 Å². The maximum atomic E-state index is 11.3. The van der Waals surface area contributed by atoms with Crippen molar-refractivity contribution in [3.05, 3.63) is 0 Å². The van der Waals surface area contributed by atoms with Crippen LogP contribution in [0, 0.1) is 11.3 Å². The zero-order valence-electron chi connectivity index (χ0n) is 9.03. The maximum absolute atomic E-state index is 11.3. The van der Waals surface area contributed by atoms with E-state index >= 15 is 0 Å². The highest BCUT2D eigenvalue weighted by Crippen LogP contribution is 2.49. The third kappa shape index (κ3) is 1.62. The fourth-order valence-electron chi connectivity index (χ4n) is 3.13. The molecule has 1 saturated carbocycles. The summed E-state index contributed by atoms with van der Waals surface area (Å²) in [6.45, 7) is 2.58. The summed E-state index contributed by atoms with van der Waals surface area (Å²) in [6.07, 6.45) is 4.15. The zero-order valence-corrected chi connectivity index (χ0v) is 9.03. The van der Waals surface area contributed by atoms with E-state index < -0.39 is 5.97 Å². The molecule has 0 aromatic heterocycles. The van der Waals surface area contributed by atoms with Gasteiger partial charge in [0.2, 0.25) is 5.91 Å². The van der Waals surface area contributed by atoms with Gasteiger partial charge in [0.15, 0.2) is 0 Å². The number of carbonyl (C=O) groups is 2. The van der Waals surface area contributed by atoms with Crippen molar-refractivity contribution in [1.82, 2.24) is 4.90 Å². The minimum Gasteiger partial charge on any atom is -0.481 e. The Morgan fingerprint density at radius 1 is 1.33 bits per heavy atom. The van der Waals surface area contributed by atoms with E-state index in [1.165, 1.54) is 6.92 Å². The van der Waals surface area contributed by atoms with Gasteiger partial charge in [-0.05, 0) is 12.8 Å². The Balaban J connectivity index is 2.21. The molecule has 0 aromatic rings. The lowest BCUT2D eigenvalue weighted by Gasteiger charge is -2.26. The van der Waals surface area contributed by atoms with Crippen LogP contribution in [0.15, 0.2) is 0 Å². The minimum atomic E-state index is -0.736. The number of carbonyl (C=O) groups excluding carboxylic acids is 1. The summed E-state index contributed by atoms with van der Waals surface area (Å²) in [5.41, 5.74) is -0.114. The maximum Gasteiger partial charge on any atom is 0.308 e. The van der Waals surface area contributed by atoms with Gasteiger partial charge in [0.1, 0.15) is 0 Å². The van der Waals surface area contributed by atoms with Gasteiger partial charge in [-0.15, -0.1) is 0 Å². The second-order valence-electron chi connectivity index (χ2n) is 4.86. The average molecular weight is 211 g/mol. The van der Waals surface area contributed by atoms with Crippen LogP contribution in [0.1, 0.15) is 32.6 Å². The molecule has 4 nitrogen and oxygen atoms in total. The monoisotopic (exact) mass is 211 g/mol. The summed E-state index contributed by atoms with van der Waals surface area (Å²) in [5.74, 6) is -1.07. The van der Waals surface area contributed by atoms with Crippen LogP contribution in [-0.4, -0.2) is 35.0 Å². The van der Waals surface area contributed by atoms with Crippen LogP contribution >= 0.6 is 0 Å². The number of nitrogens with zero attached hydrogens (tertiary/aromatic N) is 1. The molecule has 1 amide bonds. The zero-order chi connectivity index (χ0) is 11.1. The van der Waals surface area contributed by atoms with Gasteiger partial charge < -0.3 is 10.0 Å². The highest BCUT2D eigenvalue weighted by molar-refractivity contribution is 5.77. The number of carboxylic acid groups (broad SMARTS) is 1. The predicted molar refractivity (Wildman–Crippen MR) is 54.3 cm³/mol. The molecule has 0 bridgehead atoms. The lowest BCUT2D eigenvalue weighted by atomic mass is 9.77. The number of likely N-dealkylation sites (tertiary alicyclic amines) is 1. The quantitative estimate of drug-likeness (QED) is 0.706. The van der Waals surface area contributed by atoms with Gasteiger partial charge in [0, 0.05) is 25.4 Å². The highest BCUT2D eigenvalue weighted by atomic mass is 16.4. The second-order valence-corrected chi connectivity index (χ2v) is 4.86. The molecule has 0 radical (unpaired) electrons. The molecule has 1 aliphatic carbocycles. The van der Waals surface area contributed by atoms with Crippen molar-refractivity contribution in [2.45, 2.75) is 32.6 Å². The molecule has 1 unspecified atom stereocenters. The lowest BCUT2D eigenvalue weighted by molar-refractivity contribution is -0.144. The summed E-state index contributed by atoms with van der Waals surface area (Å²) in [4.78, 5) is 24.2. The Hall–Kier alpha value is -1.06. The lowest BCUT2D eigenvalue weighted by Crippen LogP contribution is -2.32. The first-order chi connectivity index (χ1) is 7.05. The van der Waals surface area contributed by atoms with Crippen molar-refractivity contribution < 1.29 is 14.7 Å². The average Bonchev–Trinajstić information content (AvgIpc) is 2.74. The smallest absolute Gasteiger partial charge is 0.308 e. The summed E-state index contributed by atoms with van der Waals surface area (Å²) >= 11 is 0. The minimum absolute atomic E-state index is 0.00465. The van der Waals surface area contributed by atoms with Crippen LogP contribution in [0.5, 0.6) is 0 Å². The van der Waals surface area contributed by atoms with Crippen molar-refractivity contribution >= 4 is 11.9 Å². The molecular weight excluding hydrogens is 194 g/mol. The molecule has 2 fully saturated rings. The standard InChI is InChI=1S/C11H17NO3/c1-8(13)12-6-9(10(14)15)11(7-12)4-2-3-5-11/h9H,2-7H2,1H3,(H,14,15). The molecule has 2 rings (SSSR count). The Bertz CT molecular complexity index is 294. The van der Waals surface area contributed by atoms with Crippen LogP contribution in [0.4, 0.5) is 0 Å². The van der Waals surface area contributed by atoms with Gasteiger partial charge >= 0.3 is 5.97 Å². The Kier molecular flexibility index (Phi) is 2.44. The van der Waals surface area contributed by atoms with Crippen molar-refractivity contribution in [3.63, 3.8) is 0 Å². The van der Waals surface area contributed by atoms with E-state index in [2.05, 4.69) is 0 Å². The van der Waals surface area contributed by atoms with Crippen LogP contribution in [0.3, 0.4) is 0 Å². The number of amides is 1. The first kappa shape index (κ1) is 10.5. The fraction of sp³-hybridized carbons (Fsp3) is 0.818. The highest BCUT2D eigenvalue weighted by Gasteiger charge is 2.51. The third-order valence-electron chi connectivity index (χ3n) is 3.99. The van der Waals surface area contributed by atoms with Gasteiger partial charge in [-0.3, -0.25) is 9.59 Å². The van der Waals surface area contributed by atoms with E-state index in [1.54, 1.807) is 4.90 Å². The predicted octanol–water partition coefficient (Wildman–Crippen LogP) is 1.11. The number of hydrogen-bond donors (Lipinski definition) is 1. The molecule has 15 heavy (non-hydrogen) atoms. The van der Waals surface area contributed by atoms with E-state index in [0.29, 0.717) is 13.1 Å². The van der Waals surface area contributed by atoms with Gasteiger partial charge in [-0.1, -0.05) is 12.8 Å². The third-order valence-corrected chi connectivity index (χ3v) is 3.99. The molecule has 1 spiro atoms. The van der Waals surface area contributed by atoms with E-state index in [9.17, 15) is 14.7 Å². The Labute approximate surface area is 89.3 Å². The summed E-state index contributed by atoms with van der Waals surface area (Å²) in [5, 5.41) is 9.20. The SMILES string of the molecule is CC(=O)N1CC(C(=O)O)C2(CCCC2)C1. The van der Waals surface area contributed by atoms with E-state index in [1.807, 2.05) is 0 Å². The number of aliphatic carboxylic acids is 1. The molecule has 4 heteroatoms. The van der Waals surface area contributed by atoms with Crippen LogP contribution in [-0.2, 0) is 9.59 Å². The van der Waals surface area contributed by atoms with Crippen molar-refractivity contribution in [2.24, 2.45) is 11.3 Å². The van der Waals surface area contributed by atoms with E-state index in [0.717, 1.165) is 25.7 Å². The summed E-state index contributed by atoms with van der Waals surface area (Å²) < 4.78 is 0. The van der Waals surface area contributed by atoms with Crippen LogP contribution in [0.25, 0.3) is 0 Å². The number of carboxylic acids is 1. The fourth-order valence-corrected chi connectivity index (χ4v) is 3.13.